The maximum absolute atomic E-state index is 12.5. The van der Waals surface area contributed by atoms with Crippen molar-refractivity contribution in [1.82, 2.24) is 4.90 Å². The zero-order valence-electron chi connectivity index (χ0n) is 11.4. The van der Waals surface area contributed by atoms with Crippen molar-refractivity contribution < 1.29 is 4.79 Å². The lowest BCUT2D eigenvalue weighted by molar-refractivity contribution is 0.0845. The van der Waals surface area contributed by atoms with E-state index in [0.29, 0.717) is 11.7 Å². The molecule has 1 heterocycles. The minimum atomic E-state index is 0.130. The third kappa shape index (κ3) is 3.20. The number of hydrogen-bond donors (Lipinski definition) is 0. The molecular formula is C16H23NO. The van der Waals surface area contributed by atoms with Crippen LogP contribution < -0.4 is 0 Å². The van der Waals surface area contributed by atoms with E-state index >= 15 is 0 Å². The Bertz CT molecular complexity index is 379. The highest BCUT2D eigenvalue weighted by Gasteiger charge is 2.26. The highest BCUT2D eigenvalue weighted by atomic mass is 16.1. The molecule has 0 aromatic heterocycles. The minimum absolute atomic E-state index is 0.130. The summed E-state index contributed by atoms with van der Waals surface area (Å²) in [6, 6.07) is 9.71. The van der Waals surface area contributed by atoms with Gasteiger partial charge >= 0.3 is 0 Å². The van der Waals surface area contributed by atoms with Crippen molar-refractivity contribution >= 4 is 5.78 Å². The number of nitrogens with zero attached hydrogens (tertiary/aromatic N) is 1. The van der Waals surface area contributed by atoms with E-state index in [0.717, 1.165) is 25.2 Å². The fourth-order valence-electron chi connectivity index (χ4n) is 2.66. The van der Waals surface area contributed by atoms with Crippen LogP contribution in [0.25, 0.3) is 0 Å². The standard InChI is InChI=1S/C16H23NO/c1-13(2)15(12-17-10-6-7-11-17)16(18)14-8-4-3-5-9-14/h3-5,8-9,13,15H,6-7,10-12H2,1-2H3/t15-/m0/s1. The van der Waals surface area contributed by atoms with E-state index < -0.39 is 0 Å². The quantitative estimate of drug-likeness (QED) is 0.742. The van der Waals surface area contributed by atoms with Crippen LogP contribution in [0.2, 0.25) is 0 Å². The molecule has 2 nitrogen and oxygen atoms in total. The molecule has 0 aliphatic carbocycles. The van der Waals surface area contributed by atoms with Gasteiger partial charge in [0.2, 0.25) is 0 Å². The summed E-state index contributed by atoms with van der Waals surface area (Å²) in [5.74, 6) is 0.835. The lowest BCUT2D eigenvalue weighted by Gasteiger charge is -2.25. The molecule has 18 heavy (non-hydrogen) atoms. The molecule has 0 radical (unpaired) electrons. The summed E-state index contributed by atoms with van der Waals surface area (Å²) in [5, 5.41) is 0. The first-order chi connectivity index (χ1) is 8.68. The Kier molecular flexibility index (Phi) is 4.54. The summed E-state index contributed by atoms with van der Waals surface area (Å²) < 4.78 is 0. The van der Waals surface area contributed by atoms with Gasteiger partial charge in [-0.3, -0.25) is 4.79 Å². The molecule has 1 aliphatic rings. The first-order valence-electron chi connectivity index (χ1n) is 7.00. The van der Waals surface area contributed by atoms with Crippen LogP contribution in [-0.2, 0) is 0 Å². The first-order valence-corrected chi connectivity index (χ1v) is 7.00. The Labute approximate surface area is 110 Å². The number of benzene rings is 1. The van der Waals surface area contributed by atoms with Gasteiger partial charge in [0.25, 0.3) is 0 Å². The monoisotopic (exact) mass is 245 g/mol. The Hall–Kier alpha value is -1.15. The van der Waals surface area contributed by atoms with Crippen LogP contribution >= 0.6 is 0 Å². The summed E-state index contributed by atoms with van der Waals surface area (Å²) in [6.07, 6.45) is 2.56. The van der Waals surface area contributed by atoms with Crippen molar-refractivity contribution in [3.63, 3.8) is 0 Å². The van der Waals surface area contributed by atoms with E-state index in [2.05, 4.69) is 18.7 Å². The second kappa shape index (κ2) is 6.14. The molecule has 0 N–H and O–H groups in total. The van der Waals surface area contributed by atoms with Crippen molar-refractivity contribution in [1.29, 1.82) is 0 Å². The third-order valence-corrected chi connectivity index (χ3v) is 3.85. The summed E-state index contributed by atoms with van der Waals surface area (Å²) in [5.41, 5.74) is 0.857. The minimum Gasteiger partial charge on any atom is -0.303 e. The highest BCUT2D eigenvalue weighted by Crippen LogP contribution is 2.21. The molecule has 98 valence electrons. The first kappa shape index (κ1) is 13.3. The average Bonchev–Trinajstić information content (AvgIpc) is 2.89. The Morgan fingerprint density at radius 1 is 1.17 bits per heavy atom. The molecule has 1 aliphatic heterocycles. The van der Waals surface area contributed by atoms with E-state index in [1.807, 2.05) is 30.3 Å². The normalized spacial score (nSPS) is 18.2. The predicted octanol–water partition coefficient (Wildman–Crippen LogP) is 3.24. The molecule has 0 amide bonds. The van der Waals surface area contributed by atoms with Gasteiger partial charge in [0.05, 0.1) is 0 Å². The molecule has 0 spiro atoms. The summed E-state index contributed by atoms with van der Waals surface area (Å²) >= 11 is 0. The van der Waals surface area contributed by atoms with Crippen molar-refractivity contribution in [2.45, 2.75) is 26.7 Å². The van der Waals surface area contributed by atoms with Gasteiger partial charge in [0.1, 0.15) is 0 Å². The molecule has 1 saturated heterocycles. The van der Waals surface area contributed by atoms with Crippen LogP contribution in [0.4, 0.5) is 0 Å². The third-order valence-electron chi connectivity index (χ3n) is 3.85. The largest absolute Gasteiger partial charge is 0.303 e. The van der Waals surface area contributed by atoms with E-state index in [4.69, 9.17) is 0 Å². The number of hydrogen-bond acceptors (Lipinski definition) is 2. The van der Waals surface area contributed by atoms with Gasteiger partial charge in [-0.25, -0.2) is 0 Å². The summed E-state index contributed by atoms with van der Waals surface area (Å²) in [6.45, 7) is 7.55. The molecule has 1 aromatic rings. The average molecular weight is 245 g/mol. The molecule has 1 aromatic carbocycles. The SMILES string of the molecule is CC(C)[C@H](CN1CCCC1)C(=O)c1ccccc1. The molecule has 1 fully saturated rings. The van der Waals surface area contributed by atoms with Crippen molar-refractivity contribution in [3.8, 4) is 0 Å². The predicted molar refractivity (Wildman–Crippen MR) is 74.8 cm³/mol. The number of likely N-dealkylation sites (tertiary alicyclic amines) is 1. The second-order valence-corrected chi connectivity index (χ2v) is 5.59. The van der Waals surface area contributed by atoms with Crippen molar-refractivity contribution in [3.05, 3.63) is 35.9 Å². The number of ketones is 1. The van der Waals surface area contributed by atoms with Gasteiger partial charge in [-0.1, -0.05) is 44.2 Å². The van der Waals surface area contributed by atoms with Gasteiger partial charge in [-0.15, -0.1) is 0 Å². The maximum Gasteiger partial charge on any atom is 0.167 e. The molecule has 2 heteroatoms. The number of Topliss-reactive ketones (excluding diaryl/α,β-unsaturated/α-hetero) is 1. The highest BCUT2D eigenvalue weighted by molar-refractivity contribution is 5.98. The maximum atomic E-state index is 12.5. The zero-order chi connectivity index (χ0) is 13.0. The molecule has 1 atom stereocenters. The van der Waals surface area contributed by atoms with Crippen LogP contribution in [0.1, 0.15) is 37.0 Å². The van der Waals surface area contributed by atoms with Gasteiger partial charge in [-0.2, -0.15) is 0 Å². The van der Waals surface area contributed by atoms with Crippen LogP contribution in [0.3, 0.4) is 0 Å². The Balaban J connectivity index is 2.07. The lowest BCUT2D eigenvalue weighted by Crippen LogP contribution is -2.34. The molecule has 2 rings (SSSR count). The van der Waals surface area contributed by atoms with Gasteiger partial charge in [-0.05, 0) is 31.8 Å². The Morgan fingerprint density at radius 3 is 2.33 bits per heavy atom. The molecule has 0 unspecified atom stereocenters. The fourth-order valence-corrected chi connectivity index (χ4v) is 2.66. The molecule has 0 bridgehead atoms. The van der Waals surface area contributed by atoms with Crippen LogP contribution in [-0.4, -0.2) is 30.3 Å². The number of carbonyl (C=O) groups excluding carboxylic acids is 1. The molecule has 0 saturated carbocycles. The van der Waals surface area contributed by atoms with Gasteiger partial charge in [0, 0.05) is 18.0 Å². The lowest BCUT2D eigenvalue weighted by atomic mass is 9.87. The van der Waals surface area contributed by atoms with Crippen molar-refractivity contribution in [2.75, 3.05) is 19.6 Å². The van der Waals surface area contributed by atoms with E-state index in [9.17, 15) is 4.79 Å². The zero-order valence-corrected chi connectivity index (χ0v) is 11.4. The fraction of sp³-hybridized carbons (Fsp3) is 0.562. The van der Waals surface area contributed by atoms with Gasteiger partial charge < -0.3 is 4.90 Å². The van der Waals surface area contributed by atoms with E-state index in [-0.39, 0.29) is 5.92 Å². The number of carbonyl (C=O) groups is 1. The number of rotatable bonds is 5. The Morgan fingerprint density at radius 2 is 1.78 bits per heavy atom. The second-order valence-electron chi connectivity index (χ2n) is 5.59. The van der Waals surface area contributed by atoms with Crippen molar-refractivity contribution in [2.24, 2.45) is 11.8 Å². The summed E-state index contributed by atoms with van der Waals surface area (Å²) in [7, 11) is 0. The van der Waals surface area contributed by atoms with Crippen LogP contribution in [0, 0.1) is 11.8 Å². The topological polar surface area (TPSA) is 20.3 Å². The smallest absolute Gasteiger partial charge is 0.167 e. The van der Waals surface area contributed by atoms with Crippen LogP contribution in [0.15, 0.2) is 30.3 Å². The van der Waals surface area contributed by atoms with Crippen LogP contribution in [0.5, 0.6) is 0 Å². The van der Waals surface area contributed by atoms with E-state index in [1.54, 1.807) is 0 Å². The van der Waals surface area contributed by atoms with E-state index in [1.165, 1.54) is 12.8 Å². The van der Waals surface area contributed by atoms with Gasteiger partial charge in [0.15, 0.2) is 5.78 Å². The molecular weight excluding hydrogens is 222 g/mol. The summed E-state index contributed by atoms with van der Waals surface area (Å²) in [4.78, 5) is 15.0.